The van der Waals surface area contributed by atoms with Gasteiger partial charge in [0.15, 0.2) is 0 Å². The molecule has 1 heterocycles. The Morgan fingerprint density at radius 1 is 1.17 bits per heavy atom. The summed E-state index contributed by atoms with van der Waals surface area (Å²) in [5.74, 6) is 0. The molecule has 0 bridgehead atoms. The molecule has 3 nitrogen and oxygen atoms in total. The van der Waals surface area contributed by atoms with E-state index in [9.17, 15) is 0 Å². The first-order valence-electron chi connectivity index (χ1n) is 7.87. The highest BCUT2D eigenvalue weighted by molar-refractivity contribution is 4.95. The summed E-state index contributed by atoms with van der Waals surface area (Å²) in [4.78, 5) is 2.60. The molecule has 1 unspecified atom stereocenters. The van der Waals surface area contributed by atoms with Gasteiger partial charge in [0, 0.05) is 30.7 Å². The first-order chi connectivity index (χ1) is 8.65. The van der Waals surface area contributed by atoms with Crippen molar-refractivity contribution in [2.45, 2.75) is 76.4 Å². The van der Waals surface area contributed by atoms with Gasteiger partial charge in [0.05, 0.1) is 0 Å². The van der Waals surface area contributed by atoms with Crippen molar-refractivity contribution in [1.82, 2.24) is 10.2 Å². The quantitative estimate of drug-likeness (QED) is 0.806. The minimum absolute atomic E-state index is 0.221. The lowest BCUT2D eigenvalue weighted by atomic mass is 9.89. The van der Waals surface area contributed by atoms with E-state index in [-0.39, 0.29) is 5.54 Å². The Hall–Kier alpha value is -0.120. The van der Waals surface area contributed by atoms with Gasteiger partial charge in [-0.05, 0) is 52.5 Å². The van der Waals surface area contributed by atoms with E-state index in [0.29, 0.717) is 6.04 Å². The SMILES string of the molecule is CC(C)N1CCCC(CN)(NC2CCCC2)CC1. The molecule has 3 heteroatoms. The van der Waals surface area contributed by atoms with Gasteiger partial charge in [-0.3, -0.25) is 0 Å². The molecule has 2 rings (SSSR count). The Kier molecular flexibility index (Phi) is 5.05. The molecule has 0 radical (unpaired) electrons. The third-order valence-electron chi connectivity index (χ3n) is 4.96. The standard InChI is InChI=1S/C15H31N3/c1-13(2)18-10-5-8-15(12-16,9-11-18)17-14-6-3-4-7-14/h13-14,17H,3-12,16H2,1-2H3. The molecule has 0 aromatic rings. The van der Waals surface area contributed by atoms with Crippen LogP contribution >= 0.6 is 0 Å². The van der Waals surface area contributed by atoms with E-state index in [1.807, 2.05) is 0 Å². The lowest BCUT2D eigenvalue weighted by Gasteiger charge is -2.36. The highest BCUT2D eigenvalue weighted by Gasteiger charge is 2.34. The summed E-state index contributed by atoms with van der Waals surface area (Å²) in [5, 5.41) is 3.93. The van der Waals surface area contributed by atoms with Crippen molar-refractivity contribution >= 4 is 0 Å². The van der Waals surface area contributed by atoms with Crippen molar-refractivity contribution in [1.29, 1.82) is 0 Å². The molecule has 1 aliphatic carbocycles. The summed E-state index contributed by atoms with van der Waals surface area (Å²) >= 11 is 0. The van der Waals surface area contributed by atoms with Crippen LogP contribution in [0.3, 0.4) is 0 Å². The summed E-state index contributed by atoms with van der Waals surface area (Å²) < 4.78 is 0. The largest absolute Gasteiger partial charge is 0.329 e. The number of rotatable bonds is 4. The zero-order valence-electron chi connectivity index (χ0n) is 12.3. The molecular formula is C15H31N3. The van der Waals surface area contributed by atoms with Crippen LogP contribution in [0.1, 0.15) is 58.8 Å². The Balaban J connectivity index is 1.94. The molecular weight excluding hydrogens is 222 g/mol. The fourth-order valence-corrected chi connectivity index (χ4v) is 3.64. The third kappa shape index (κ3) is 3.46. The van der Waals surface area contributed by atoms with E-state index in [1.54, 1.807) is 0 Å². The van der Waals surface area contributed by atoms with E-state index in [2.05, 4.69) is 24.1 Å². The maximum absolute atomic E-state index is 6.13. The molecule has 1 atom stereocenters. The average Bonchev–Trinajstić information content (AvgIpc) is 2.75. The molecule has 1 saturated carbocycles. The van der Waals surface area contributed by atoms with Gasteiger partial charge < -0.3 is 16.0 Å². The smallest absolute Gasteiger partial charge is 0.0319 e. The second-order valence-electron chi connectivity index (χ2n) is 6.59. The zero-order valence-corrected chi connectivity index (χ0v) is 12.3. The number of nitrogens with one attached hydrogen (secondary N) is 1. The van der Waals surface area contributed by atoms with Gasteiger partial charge in [0.2, 0.25) is 0 Å². The number of likely N-dealkylation sites (tertiary alicyclic amines) is 1. The van der Waals surface area contributed by atoms with Gasteiger partial charge in [-0.25, -0.2) is 0 Å². The number of nitrogens with two attached hydrogens (primary N) is 1. The normalized spacial score (nSPS) is 32.0. The molecule has 3 N–H and O–H groups in total. The first-order valence-corrected chi connectivity index (χ1v) is 7.87. The van der Waals surface area contributed by atoms with Gasteiger partial charge in [-0.15, -0.1) is 0 Å². The van der Waals surface area contributed by atoms with Crippen molar-refractivity contribution in [2.75, 3.05) is 19.6 Å². The van der Waals surface area contributed by atoms with Crippen molar-refractivity contribution in [3.05, 3.63) is 0 Å². The predicted octanol–water partition coefficient (Wildman–Crippen LogP) is 2.11. The maximum Gasteiger partial charge on any atom is 0.0319 e. The van der Waals surface area contributed by atoms with Gasteiger partial charge >= 0.3 is 0 Å². The fraction of sp³-hybridized carbons (Fsp3) is 1.00. The first kappa shape index (κ1) is 14.3. The molecule has 0 amide bonds. The lowest BCUT2D eigenvalue weighted by molar-refractivity contribution is 0.212. The van der Waals surface area contributed by atoms with E-state index in [4.69, 9.17) is 5.73 Å². The number of hydrogen-bond donors (Lipinski definition) is 2. The molecule has 18 heavy (non-hydrogen) atoms. The maximum atomic E-state index is 6.13. The Bertz CT molecular complexity index is 248. The van der Waals surface area contributed by atoms with Gasteiger partial charge in [-0.2, -0.15) is 0 Å². The second-order valence-corrected chi connectivity index (χ2v) is 6.59. The van der Waals surface area contributed by atoms with E-state index in [1.165, 1.54) is 58.0 Å². The van der Waals surface area contributed by atoms with Crippen LogP contribution in [0.2, 0.25) is 0 Å². The molecule has 0 aromatic carbocycles. The highest BCUT2D eigenvalue weighted by Crippen LogP contribution is 2.27. The summed E-state index contributed by atoms with van der Waals surface area (Å²) in [6.45, 7) is 7.86. The van der Waals surface area contributed by atoms with Crippen molar-refractivity contribution < 1.29 is 0 Å². The molecule has 1 aliphatic heterocycles. The molecule has 2 fully saturated rings. The van der Waals surface area contributed by atoms with Crippen LogP contribution in [-0.2, 0) is 0 Å². The summed E-state index contributed by atoms with van der Waals surface area (Å²) in [6, 6.07) is 1.41. The van der Waals surface area contributed by atoms with Crippen LogP contribution < -0.4 is 11.1 Å². The van der Waals surface area contributed by atoms with Crippen LogP contribution in [-0.4, -0.2) is 42.2 Å². The Labute approximate surface area is 112 Å². The Morgan fingerprint density at radius 2 is 1.89 bits per heavy atom. The fourth-order valence-electron chi connectivity index (χ4n) is 3.64. The number of hydrogen-bond acceptors (Lipinski definition) is 3. The van der Waals surface area contributed by atoms with Crippen LogP contribution in [0, 0.1) is 0 Å². The molecule has 1 saturated heterocycles. The van der Waals surface area contributed by atoms with Crippen molar-refractivity contribution in [3.63, 3.8) is 0 Å². The lowest BCUT2D eigenvalue weighted by Crippen LogP contribution is -2.55. The summed E-state index contributed by atoms with van der Waals surface area (Å²) in [5.41, 5.74) is 6.35. The van der Waals surface area contributed by atoms with Gasteiger partial charge in [0.25, 0.3) is 0 Å². The second kappa shape index (κ2) is 6.36. The van der Waals surface area contributed by atoms with E-state index >= 15 is 0 Å². The topological polar surface area (TPSA) is 41.3 Å². The minimum atomic E-state index is 0.221. The van der Waals surface area contributed by atoms with Crippen LogP contribution in [0.15, 0.2) is 0 Å². The Morgan fingerprint density at radius 3 is 2.50 bits per heavy atom. The van der Waals surface area contributed by atoms with Gasteiger partial charge in [0.1, 0.15) is 0 Å². The molecule has 106 valence electrons. The predicted molar refractivity (Wildman–Crippen MR) is 77.7 cm³/mol. The van der Waals surface area contributed by atoms with Crippen LogP contribution in [0.25, 0.3) is 0 Å². The van der Waals surface area contributed by atoms with Crippen LogP contribution in [0.5, 0.6) is 0 Å². The minimum Gasteiger partial charge on any atom is -0.329 e. The zero-order chi connectivity index (χ0) is 13.0. The van der Waals surface area contributed by atoms with Crippen LogP contribution in [0.4, 0.5) is 0 Å². The molecule has 0 aromatic heterocycles. The molecule has 2 aliphatic rings. The monoisotopic (exact) mass is 253 g/mol. The van der Waals surface area contributed by atoms with E-state index < -0.39 is 0 Å². The van der Waals surface area contributed by atoms with Crippen molar-refractivity contribution in [3.8, 4) is 0 Å². The summed E-state index contributed by atoms with van der Waals surface area (Å²) in [7, 11) is 0. The van der Waals surface area contributed by atoms with Crippen molar-refractivity contribution in [2.24, 2.45) is 5.73 Å². The molecule has 0 spiro atoms. The number of nitrogens with zero attached hydrogens (tertiary/aromatic N) is 1. The average molecular weight is 253 g/mol. The third-order valence-corrected chi connectivity index (χ3v) is 4.96. The summed E-state index contributed by atoms with van der Waals surface area (Å²) in [6.07, 6.45) is 9.27. The van der Waals surface area contributed by atoms with E-state index in [0.717, 1.165) is 12.6 Å². The van der Waals surface area contributed by atoms with Gasteiger partial charge in [-0.1, -0.05) is 12.8 Å². The highest BCUT2D eigenvalue weighted by atomic mass is 15.2.